The van der Waals surface area contributed by atoms with E-state index in [0.29, 0.717) is 24.2 Å². The molecule has 0 unspecified atom stereocenters. The highest BCUT2D eigenvalue weighted by Crippen LogP contribution is 2.37. The van der Waals surface area contributed by atoms with E-state index in [4.69, 9.17) is 4.74 Å². The number of carbonyl (C=O) groups is 3. The molecule has 8 nitrogen and oxygen atoms in total. The number of fused-ring (bicyclic) bond motifs is 2. The summed E-state index contributed by atoms with van der Waals surface area (Å²) in [6.07, 6.45) is 4.95. The average Bonchev–Trinajstić information content (AvgIpc) is 2.92. The fraction of sp³-hybridized carbons (Fsp3) is 0.450. The van der Waals surface area contributed by atoms with E-state index in [9.17, 15) is 19.2 Å². The normalized spacial score (nSPS) is 21.8. The first-order chi connectivity index (χ1) is 13.4. The van der Waals surface area contributed by atoms with E-state index < -0.39 is 12.5 Å². The summed E-state index contributed by atoms with van der Waals surface area (Å²) in [5.74, 6) is -1.82. The molecular weight excluding hydrogens is 362 g/mol. The molecule has 2 amide bonds. The minimum atomic E-state index is -0.689. The van der Waals surface area contributed by atoms with Crippen molar-refractivity contribution < 1.29 is 19.1 Å². The summed E-state index contributed by atoms with van der Waals surface area (Å²) >= 11 is 0. The van der Waals surface area contributed by atoms with Gasteiger partial charge < -0.3 is 4.74 Å². The highest BCUT2D eigenvalue weighted by molar-refractivity contribution is 6.07. The molecule has 0 spiro atoms. The van der Waals surface area contributed by atoms with Gasteiger partial charge in [-0.2, -0.15) is 0 Å². The Morgan fingerprint density at radius 2 is 1.82 bits per heavy atom. The molecule has 2 fully saturated rings. The average molecular weight is 383 g/mol. The number of likely N-dealkylation sites (tertiary alicyclic amines) is 1. The van der Waals surface area contributed by atoms with E-state index in [-0.39, 0.29) is 35.8 Å². The Hall–Kier alpha value is -3.03. The van der Waals surface area contributed by atoms with Crippen LogP contribution in [0.3, 0.4) is 0 Å². The van der Waals surface area contributed by atoms with Gasteiger partial charge in [-0.05, 0) is 31.4 Å². The van der Waals surface area contributed by atoms with Crippen LogP contribution in [0.1, 0.15) is 36.9 Å². The number of carbonyl (C=O) groups excluding carboxylic acids is 3. The predicted octanol–water partition coefficient (Wildman–Crippen LogP) is 1.22. The maximum atomic E-state index is 12.4. The molecule has 1 saturated carbocycles. The third kappa shape index (κ3) is 3.30. The number of aryl methyl sites for hydroxylation is 1. The molecule has 1 aliphatic carbocycles. The lowest BCUT2D eigenvalue weighted by atomic mass is 9.81. The van der Waals surface area contributed by atoms with Crippen LogP contribution in [0.15, 0.2) is 29.2 Å². The van der Waals surface area contributed by atoms with Gasteiger partial charge in [0.1, 0.15) is 18.8 Å². The van der Waals surface area contributed by atoms with Gasteiger partial charge in [-0.15, -0.1) is 0 Å². The number of ether oxygens (including phenoxy) is 1. The van der Waals surface area contributed by atoms with Gasteiger partial charge in [0, 0.05) is 12.3 Å². The lowest BCUT2D eigenvalue weighted by Crippen LogP contribution is -2.36. The van der Waals surface area contributed by atoms with Crippen molar-refractivity contribution in [3.8, 4) is 0 Å². The third-order valence-corrected chi connectivity index (χ3v) is 5.46. The summed E-state index contributed by atoms with van der Waals surface area (Å²) in [7, 11) is 0. The number of imide groups is 1. The van der Waals surface area contributed by atoms with E-state index in [1.807, 2.05) is 13.0 Å². The molecule has 2 atom stereocenters. The van der Waals surface area contributed by atoms with Crippen molar-refractivity contribution in [2.75, 3.05) is 6.54 Å². The summed E-state index contributed by atoms with van der Waals surface area (Å²) in [4.78, 5) is 54.5. The molecule has 0 aromatic carbocycles. The Labute approximate surface area is 161 Å². The van der Waals surface area contributed by atoms with Gasteiger partial charge in [0.05, 0.1) is 17.5 Å². The summed E-state index contributed by atoms with van der Waals surface area (Å²) in [6.45, 7) is 1.29. The molecule has 0 N–H and O–H groups in total. The predicted molar refractivity (Wildman–Crippen MR) is 98.2 cm³/mol. The summed E-state index contributed by atoms with van der Waals surface area (Å²) in [5.41, 5.74) is 1.43. The van der Waals surface area contributed by atoms with Crippen LogP contribution in [0, 0.1) is 18.8 Å². The smallest absolute Gasteiger partial charge is 0.326 e. The Balaban J connectivity index is 1.41. The van der Waals surface area contributed by atoms with Gasteiger partial charge in [0.25, 0.3) is 5.56 Å². The molecule has 8 heteroatoms. The molecule has 3 heterocycles. The highest BCUT2D eigenvalue weighted by Gasteiger charge is 2.48. The molecule has 2 aromatic heterocycles. The molecule has 1 saturated heterocycles. The van der Waals surface area contributed by atoms with Crippen LogP contribution in [0.2, 0.25) is 0 Å². The Morgan fingerprint density at radius 1 is 1.14 bits per heavy atom. The van der Waals surface area contributed by atoms with Gasteiger partial charge in [-0.3, -0.25) is 28.5 Å². The number of esters is 1. The molecule has 0 bridgehead atoms. The zero-order valence-electron chi connectivity index (χ0n) is 15.6. The van der Waals surface area contributed by atoms with Crippen LogP contribution in [-0.4, -0.2) is 38.6 Å². The first-order valence-corrected chi connectivity index (χ1v) is 9.44. The lowest BCUT2D eigenvalue weighted by molar-refractivity contribution is -0.153. The molecule has 28 heavy (non-hydrogen) atoms. The number of nitrogens with zero attached hydrogens (tertiary/aromatic N) is 3. The SMILES string of the molecule is Cc1ccc2nc(COC(=O)CN3C(=O)[C@H]4CCCC[C@@H]4C3=O)cc(=O)n2c1. The largest absolute Gasteiger partial charge is 0.458 e. The summed E-state index contributed by atoms with van der Waals surface area (Å²) in [6, 6.07) is 4.85. The van der Waals surface area contributed by atoms with Gasteiger partial charge in [-0.25, -0.2) is 4.98 Å². The van der Waals surface area contributed by atoms with E-state index in [1.165, 1.54) is 10.5 Å². The van der Waals surface area contributed by atoms with Crippen molar-refractivity contribution in [3.05, 3.63) is 46.0 Å². The number of amides is 2. The Bertz CT molecular complexity index is 1000. The van der Waals surface area contributed by atoms with E-state index >= 15 is 0 Å². The fourth-order valence-corrected chi connectivity index (χ4v) is 4.05. The standard InChI is InChI=1S/C20H21N3O5/c1-12-6-7-16-21-13(8-17(24)22(16)9-12)11-28-18(25)10-23-19(26)14-4-2-3-5-15(14)20(23)27/h6-9,14-15H,2-5,10-11H2,1H3/t14-,15-/m0/s1. The van der Waals surface area contributed by atoms with Crippen LogP contribution in [-0.2, 0) is 25.7 Å². The van der Waals surface area contributed by atoms with Crippen molar-refractivity contribution in [2.24, 2.45) is 11.8 Å². The number of pyridine rings is 1. The molecule has 2 aliphatic rings. The van der Waals surface area contributed by atoms with Crippen LogP contribution in [0.5, 0.6) is 0 Å². The Morgan fingerprint density at radius 3 is 2.50 bits per heavy atom. The molecule has 1 aliphatic heterocycles. The quantitative estimate of drug-likeness (QED) is 0.582. The van der Waals surface area contributed by atoms with Gasteiger partial charge >= 0.3 is 5.97 Å². The van der Waals surface area contributed by atoms with E-state index in [0.717, 1.165) is 23.3 Å². The van der Waals surface area contributed by atoms with Crippen LogP contribution >= 0.6 is 0 Å². The van der Waals surface area contributed by atoms with Crippen LogP contribution in [0.25, 0.3) is 5.65 Å². The minimum Gasteiger partial charge on any atom is -0.458 e. The fourth-order valence-electron chi connectivity index (χ4n) is 4.05. The monoisotopic (exact) mass is 383 g/mol. The molecule has 0 radical (unpaired) electrons. The second-order valence-electron chi connectivity index (χ2n) is 7.44. The summed E-state index contributed by atoms with van der Waals surface area (Å²) in [5, 5.41) is 0. The maximum Gasteiger partial charge on any atom is 0.326 e. The van der Waals surface area contributed by atoms with Crippen molar-refractivity contribution in [3.63, 3.8) is 0 Å². The van der Waals surface area contributed by atoms with Gasteiger partial charge in [0.2, 0.25) is 11.8 Å². The number of aromatic nitrogens is 2. The molecule has 2 aromatic rings. The zero-order valence-corrected chi connectivity index (χ0v) is 15.6. The van der Waals surface area contributed by atoms with Crippen LogP contribution < -0.4 is 5.56 Å². The van der Waals surface area contributed by atoms with E-state index in [2.05, 4.69) is 4.98 Å². The Kier molecular flexibility index (Phi) is 4.70. The van der Waals surface area contributed by atoms with Crippen molar-refractivity contribution in [1.29, 1.82) is 0 Å². The second kappa shape index (κ2) is 7.18. The first kappa shape index (κ1) is 18.3. The van der Waals surface area contributed by atoms with Crippen molar-refractivity contribution in [1.82, 2.24) is 14.3 Å². The molecule has 4 rings (SSSR count). The topological polar surface area (TPSA) is 98.0 Å². The van der Waals surface area contributed by atoms with Crippen LogP contribution in [0.4, 0.5) is 0 Å². The third-order valence-electron chi connectivity index (χ3n) is 5.46. The maximum absolute atomic E-state index is 12.4. The zero-order chi connectivity index (χ0) is 19.8. The minimum absolute atomic E-state index is 0.193. The number of hydrogen-bond acceptors (Lipinski definition) is 6. The van der Waals surface area contributed by atoms with Gasteiger partial charge in [-0.1, -0.05) is 18.9 Å². The first-order valence-electron chi connectivity index (χ1n) is 9.44. The summed E-state index contributed by atoms with van der Waals surface area (Å²) < 4.78 is 6.59. The lowest BCUT2D eigenvalue weighted by Gasteiger charge is -2.19. The molecule has 146 valence electrons. The number of hydrogen-bond donors (Lipinski definition) is 0. The highest BCUT2D eigenvalue weighted by atomic mass is 16.5. The van der Waals surface area contributed by atoms with Crippen molar-refractivity contribution in [2.45, 2.75) is 39.2 Å². The van der Waals surface area contributed by atoms with Crippen molar-refractivity contribution >= 4 is 23.4 Å². The van der Waals surface area contributed by atoms with Gasteiger partial charge in [0.15, 0.2) is 0 Å². The second-order valence-corrected chi connectivity index (χ2v) is 7.44. The number of rotatable bonds is 4. The molecular formula is C20H21N3O5. The van der Waals surface area contributed by atoms with E-state index in [1.54, 1.807) is 12.3 Å².